The third-order valence-electron chi connectivity index (χ3n) is 2.78. The number of ether oxygens (including phenoxy) is 2. The third kappa shape index (κ3) is 4.98. The van der Waals surface area contributed by atoms with E-state index in [1.165, 1.54) is 13.2 Å². The van der Waals surface area contributed by atoms with Gasteiger partial charge in [-0.1, -0.05) is 24.0 Å². The van der Waals surface area contributed by atoms with Crippen LogP contribution in [0.3, 0.4) is 0 Å². The molecule has 0 aliphatic carbocycles. The molecule has 0 saturated heterocycles. The monoisotopic (exact) mass is 332 g/mol. The molecule has 0 unspecified atom stereocenters. The van der Waals surface area contributed by atoms with Crippen LogP contribution in [0.2, 0.25) is 0 Å². The van der Waals surface area contributed by atoms with Crippen LogP contribution in [0.5, 0.6) is 11.5 Å². The van der Waals surface area contributed by atoms with Crippen LogP contribution in [0.1, 0.15) is 0 Å². The van der Waals surface area contributed by atoms with E-state index in [1.807, 2.05) is 0 Å². The maximum absolute atomic E-state index is 12.2. The van der Waals surface area contributed by atoms with Gasteiger partial charge in [0.05, 0.1) is 19.9 Å². The quantitative estimate of drug-likeness (QED) is 0.810. The van der Waals surface area contributed by atoms with Gasteiger partial charge in [-0.05, 0) is 24.3 Å². The Morgan fingerprint density at radius 3 is 2.74 bits per heavy atom. The Hall–Kier alpha value is -2.56. The summed E-state index contributed by atoms with van der Waals surface area (Å²) in [6, 6.07) is 9.91. The van der Waals surface area contributed by atoms with E-state index in [4.69, 9.17) is 9.47 Å². The average molecular weight is 332 g/mol. The number of hydrogen-bond donors (Lipinski definition) is 1. The van der Waals surface area contributed by atoms with Gasteiger partial charge in [-0.25, -0.2) is 8.42 Å². The van der Waals surface area contributed by atoms with E-state index in [9.17, 15) is 8.42 Å². The van der Waals surface area contributed by atoms with Crippen LogP contribution >= 0.6 is 0 Å². The molecule has 2 rings (SSSR count). The molecule has 0 amide bonds. The SMILES string of the molecule is COc1ccccc1S(=O)(=O)NCC#CCOc1cccnc1. The number of aromatic nitrogens is 1. The minimum Gasteiger partial charge on any atom is -0.495 e. The second kappa shape index (κ2) is 8.17. The molecule has 0 atom stereocenters. The van der Waals surface area contributed by atoms with Crippen molar-refractivity contribution in [3.05, 3.63) is 48.8 Å². The van der Waals surface area contributed by atoms with Crippen molar-refractivity contribution < 1.29 is 17.9 Å². The molecule has 7 heteroatoms. The molecule has 0 fully saturated rings. The lowest BCUT2D eigenvalue weighted by atomic mass is 10.3. The third-order valence-corrected chi connectivity index (χ3v) is 4.22. The van der Waals surface area contributed by atoms with Gasteiger partial charge in [0.2, 0.25) is 10.0 Å². The van der Waals surface area contributed by atoms with Crippen LogP contribution in [0.4, 0.5) is 0 Å². The second-order valence-corrected chi connectivity index (χ2v) is 6.04. The van der Waals surface area contributed by atoms with Crippen LogP contribution in [0.25, 0.3) is 0 Å². The number of methoxy groups -OCH3 is 1. The molecule has 0 aliphatic heterocycles. The zero-order valence-electron chi connectivity index (χ0n) is 12.5. The normalized spacial score (nSPS) is 10.5. The number of benzene rings is 1. The molecular formula is C16H16N2O4S. The van der Waals surface area contributed by atoms with Gasteiger partial charge >= 0.3 is 0 Å². The van der Waals surface area contributed by atoms with Crippen molar-refractivity contribution in [3.8, 4) is 23.3 Å². The van der Waals surface area contributed by atoms with Crippen molar-refractivity contribution in [3.63, 3.8) is 0 Å². The summed E-state index contributed by atoms with van der Waals surface area (Å²) in [6.07, 6.45) is 3.22. The Labute approximate surface area is 135 Å². The van der Waals surface area contributed by atoms with Crippen molar-refractivity contribution in [2.75, 3.05) is 20.3 Å². The fourth-order valence-electron chi connectivity index (χ4n) is 1.72. The summed E-state index contributed by atoms with van der Waals surface area (Å²) in [7, 11) is -2.25. The zero-order chi connectivity index (χ0) is 16.5. The molecule has 0 aliphatic rings. The standard InChI is InChI=1S/C16H16N2O4S/c1-21-15-8-2-3-9-16(15)23(19,20)18-11-4-5-12-22-14-7-6-10-17-13-14/h2-3,6-10,13,18H,11-12H2,1H3. The minimum absolute atomic E-state index is 0.0171. The number of nitrogens with one attached hydrogen (secondary N) is 1. The maximum atomic E-state index is 12.2. The van der Waals surface area contributed by atoms with Crippen LogP contribution in [-0.2, 0) is 10.0 Å². The van der Waals surface area contributed by atoms with Crippen molar-refractivity contribution in [2.24, 2.45) is 0 Å². The molecule has 1 aromatic heterocycles. The first-order chi connectivity index (χ1) is 11.1. The summed E-state index contributed by atoms with van der Waals surface area (Å²) < 4.78 is 37.1. The van der Waals surface area contributed by atoms with Crippen LogP contribution in [-0.4, -0.2) is 33.7 Å². The highest BCUT2D eigenvalue weighted by molar-refractivity contribution is 7.89. The fourth-order valence-corrected chi connectivity index (χ4v) is 2.81. The highest BCUT2D eigenvalue weighted by Crippen LogP contribution is 2.22. The van der Waals surface area contributed by atoms with E-state index < -0.39 is 10.0 Å². The molecule has 2 aromatic rings. The molecule has 6 nitrogen and oxygen atoms in total. The van der Waals surface area contributed by atoms with Gasteiger partial charge in [-0.3, -0.25) is 4.98 Å². The van der Waals surface area contributed by atoms with Gasteiger partial charge in [0.15, 0.2) is 0 Å². The summed E-state index contributed by atoms with van der Waals surface area (Å²) in [5.41, 5.74) is 0. The Kier molecular flexibility index (Phi) is 5.97. The van der Waals surface area contributed by atoms with Gasteiger partial charge in [0, 0.05) is 6.20 Å². The lowest BCUT2D eigenvalue weighted by molar-refractivity contribution is 0.368. The number of para-hydroxylation sites is 1. The Bertz CT molecular complexity index is 796. The smallest absolute Gasteiger partial charge is 0.245 e. The van der Waals surface area contributed by atoms with E-state index in [2.05, 4.69) is 21.5 Å². The number of nitrogens with zero attached hydrogens (tertiary/aromatic N) is 1. The number of sulfonamides is 1. The topological polar surface area (TPSA) is 77.5 Å². The Balaban J connectivity index is 1.87. The Morgan fingerprint density at radius 2 is 2.00 bits per heavy atom. The van der Waals surface area contributed by atoms with Gasteiger partial charge in [0.1, 0.15) is 23.0 Å². The average Bonchev–Trinajstić information content (AvgIpc) is 2.59. The highest BCUT2D eigenvalue weighted by Gasteiger charge is 2.17. The summed E-state index contributed by atoms with van der Waals surface area (Å²) in [5, 5.41) is 0. The van der Waals surface area contributed by atoms with Crippen molar-refractivity contribution in [1.29, 1.82) is 0 Å². The number of pyridine rings is 1. The van der Waals surface area contributed by atoms with Crippen molar-refractivity contribution >= 4 is 10.0 Å². The Morgan fingerprint density at radius 1 is 1.17 bits per heavy atom. The zero-order valence-corrected chi connectivity index (χ0v) is 13.3. The van der Waals surface area contributed by atoms with Gasteiger partial charge < -0.3 is 9.47 Å². The fraction of sp³-hybridized carbons (Fsp3) is 0.188. The molecular weight excluding hydrogens is 316 g/mol. The summed E-state index contributed by atoms with van der Waals surface area (Å²) in [5.74, 6) is 6.31. The molecule has 23 heavy (non-hydrogen) atoms. The van der Waals surface area contributed by atoms with Crippen LogP contribution in [0.15, 0.2) is 53.7 Å². The summed E-state index contributed by atoms with van der Waals surface area (Å²) >= 11 is 0. The van der Waals surface area contributed by atoms with E-state index in [-0.39, 0.29) is 23.8 Å². The lowest BCUT2D eigenvalue weighted by Crippen LogP contribution is -2.24. The predicted molar refractivity (Wildman–Crippen MR) is 85.7 cm³/mol. The molecule has 1 heterocycles. The summed E-state index contributed by atoms with van der Waals surface area (Å²) in [4.78, 5) is 3.98. The van der Waals surface area contributed by atoms with Gasteiger partial charge in [-0.15, -0.1) is 0 Å². The minimum atomic E-state index is -3.67. The van der Waals surface area contributed by atoms with Crippen LogP contribution < -0.4 is 14.2 Å². The highest BCUT2D eigenvalue weighted by atomic mass is 32.2. The second-order valence-electron chi connectivity index (χ2n) is 4.31. The molecule has 0 spiro atoms. The largest absolute Gasteiger partial charge is 0.495 e. The number of hydrogen-bond acceptors (Lipinski definition) is 5. The van der Waals surface area contributed by atoms with Gasteiger partial charge in [0.25, 0.3) is 0 Å². The molecule has 0 radical (unpaired) electrons. The van der Waals surface area contributed by atoms with E-state index in [0.29, 0.717) is 5.75 Å². The van der Waals surface area contributed by atoms with E-state index >= 15 is 0 Å². The summed E-state index contributed by atoms with van der Waals surface area (Å²) in [6.45, 7) is 0.138. The molecule has 0 saturated carbocycles. The maximum Gasteiger partial charge on any atom is 0.245 e. The van der Waals surface area contributed by atoms with Crippen LogP contribution in [0, 0.1) is 11.8 Å². The van der Waals surface area contributed by atoms with Crippen molar-refractivity contribution in [2.45, 2.75) is 4.90 Å². The molecule has 1 N–H and O–H groups in total. The number of rotatable bonds is 6. The molecule has 120 valence electrons. The van der Waals surface area contributed by atoms with E-state index in [0.717, 1.165) is 0 Å². The molecule has 0 bridgehead atoms. The first-order valence-corrected chi connectivity index (χ1v) is 8.23. The van der Waals surface area contributed by atoms with Gasteiger partial charge in [-0.2, -0.15) is 4.72 Å². The van der Waals surface area contributed by atoms with Crippen molar-refractivity contribution in [1.82, 2.24) is 9.71 Å². The first kappa shape index (κ1) is 16.8. The predicted octanol–water partition coefficient (Wildman–Crippen LogP) is 1.45. The molecule has 1 aromatic carbocycles. The lowest BCUT2D eigenvalue weighted by Gasteiger charge is -2.08. The first-order valence-electron chi connectivity index (χ1n) is 6.75. The van der Waals surface area contributed by atoms with E-state index in [1.54, 1.807) is 42.7 Å².